The van der Waals surface area contributed by atoms with Crippen LogP contribution in [0.1, 0.15) is 13.8 Å². The van der Waals surface area contributed by atoms with Gasteiger partial charge in [-0.1, -0.05) is 12.2 Å². The summed E-state index contributed by atoms with van der Waals surface area (Å²) < 4.78 is 28.2. The van der Waals surface area contributed by atoms with E-state index in [-0.39, 0.29) is 11.1 Å². The number of nitrogens with two attached hydrogens (primary N) is 1. The van der Waals surface area contributed by atoms with Crippen LogP contribution in [0.15, 0.2) is 17.6 Å². The summed E-state index contributed by atoms with van der Waals surface area (Å²) in [4.78, 5) is 6.53. The van der Waals surface area contributed by atoms with Crippen LogP contribution in [0.4, 0.5) is 0 Å². The lowest BCUT2D eigenvalue weighted by atomic mass is 10.2. The quantitative estimate of drug-likeness (QED) is 0.758. The fourth-order valence-electron chi connectivity index (χ4n) is 2.29. The van der Waals surface area contributed by atoms with Crippen LogP contribution < -0.4 is 5.73 Å². The summed E-state index contributed by atoms with van der Waals surface area (Å²) in [6.07, 6.45) is 3.11. The van der Waals surface area contributed by atoms with Gasteiger partial charge in [-0.3, -0.25) is 4.90 Å². The van der Waals surface area contributed by atoms with E-state index in [1.165, 1.54) is 10.6 Å². The first kappa shape index (κ1) is 16.3. The van der Waals surface area contributed by atoms with Crippen LogP contribution in [-0.4, -0.2) is 64.4 Å². The molecule has 7 nitrogen and oxygen atoms in total. The molecule has 1 aliphatic rings. The Labute approximate surface area is 130 Å². The first-order chi connectivity index (χ1) is 9.86. The van der Waals surface area contributed by atoms with E-state index in [0.29, 0.717) is 37.7 Å². The number of rotatable bonds is 5. The lowest BCUT2D eigenvalue weighted by molar-refractivity contribution is 0.174. The number of aryl methyl sites for hydroxylation is 1. The second kappa shape index (κ2) is 6.39. The van der Waals surface area contributed by atoms with Crippen LogP contribution >= 0.6 is 12.2 Å². The predicted octanol–water partition coefficient (Wildman–Crippen LogP) is -0.116. The molecule has 2 heterocycles. The van der Waals surface area contributed by atoms with Gasteiger partial charge in [0.05, 0.1) is 17.4 Å². The number of hydrogen-bond donors (Lipinski definition) is 1. The van der Waals surface area contributed by atoms with Gasteiger partial charge in [-0.15, -0.1) is 0 Å². The molecule has 0 bridgehead atoms. The van der Waals surface area contributed by atoms with E-state index >= 15 is 0 Å². The summed E-state index contributed by atoms with van der Waals surface area (Å²) in [7, 11) is -3.51. The fourth-order valence-corrected chi connectivity index (χ4v) is 3.80. The van der Waals surface area contributed by atoms with Gasteiger partial charge in [-0.05, 0) is 13.8 Å². The molecule has 2 rings (SSSR count). The second-order valence-corrected chi connectivity index (χ2v) is 7.42. The molecule has 0 aromatic carbocycles. The Hall–Kier alpha value is -1.03. The van der Waals surface area contributed by atoms with Crippen LogP contribution in [0.3, 0.4) is 0 Å². The van der Waals surface area contributed by atoms with E-state index in [1.54, 1.807) is 10.8 Å². The number of piperazine rings is 1. The van der Waals surface area contributed by atoms with E-state index in [1.807, 2.05) is 13.8 Å². The molecule has 9 heteroatoms. The third-order valence-electron chi connectivity index (χ3n) is 3.81. The molecular weight excluding hydrogens is 310 g/mol. The minimum Gasteiger partial charge on any atom is -0.392 e. The average molecular weight is 331 g/mol. The number of hydrogen-bond acceptors (Lipinski definition) is 5. The lowest BCUT2D eigenvalue weighted by Crippen LogP contribution is -2.53. The highest BCUT2D eigenvalue weighted by Crippen LogP contribution is 2.16. The molecule has 1 aliphatic heterocycles. The molecule has 0 saturated carbocycles. The third kappa shape index (κ3) is 3.42. The molecule has 21 heavy (non-hydrogen) atoms. The lowest BCUT2D eigenvalue weighted by Gasteiger charge is -2.36. The molecular formula is C12H21N5O2S2. The van der Waals surface area contributed by atoms with E-state index in [9.17, 15) is 8.42 Å². The molecule has 1 aromatic rings. The van der Waals surface area contributed by atoms with Crippen LogP contribution in [0.2, 0.25) is 0 Å². The minimum atomic E-state index is -3.51. The van der Waals surface area contributed by atoms with Gasteiger partial charge in [0.25, 0.3) is 10.0 Å². The van der Waals surface area contributed by atoms with Crippen molar-refractivity contribution in [2.45, 2.75) is 31.5 Å². The Morgan fingerprint density at radius 3 is 2.52 bits per heavy atom. The molecule has 1 unspecified atom stereocenters. The van der Waals surface area contributed by atoms with Crippen molar-refractivity contribution in [1.82, 2.24) is 18.8 Å². The van der Waals surface area contributed by atoms with Gasteiger partial charge in [0.1, 0.15) is 0 Å². The maximum Gasteiger partial charge on any atom is 0.262 e. The Bertz CT molecular complexity index is 605. The van der Waals surface area contributed by atoms with Gasteiger partial charge in [-0.2, -0.15) is 4.31 Å². The Balaban J connectivity index is 2.05. The van der Waals surface area contributed by atoms with Crippen molar-refractivity contribution < 1.29 is 8.42 Å². The van der Waals surface area contributed by atoms with Gasteiger partial charge in [0, 0.05) is 38.9 Å². The van der Waals surface area contributed by atoms with E-state index in [0.717, 1.165) is 0 Å². The number of imidazole rings is 1. The van der Waals surface area contributed by atoms with Crippen molar-refractivity contribution in [3.8, 4) is 0 Å². The number of thiocarbonyl (C=S) groups is 1. The molecule has 0 spiro atoms. The summed E-state index contributed by atoms with van der Waals surface area (Å²) in [6, 6.07) is -0.0100. The zero-order chi connectivity index (χ0) is 15.6. The summed E-state index contributed by atoms with van der Waals surface area (Å²) in [5, 5.41) is 0.111. The SMILES string of the molecule is CCn1cnc(S(=O)(=O)N2CCN(C(C)C(N)=S)CC2)c1. The molecule has 0 radical (unpaired) electrons. The molecule has 2 N–H and O–H groups in total. The highest BCUT2D eigenvalue weighted by atomic mass is 32.2. The van der Waals surface area contributed by atoms with Gasteiger partial charge >= 0.3 is 0 Å². The standard InChI is InChI=1S/C12H21N5O2S2/c1-3-15-8-11(14-9-15)21(18,19)17-6-4-16(5-7-17)10(2)12(13)20/h8-10H,3-7H2,1-2H3,(H2,13,20). The maximum absolute atomic E-state index is 12.5. The van der Waals surface area contributed by atoms with Gasteiger partial charge in [0.2, 0.25) is 0 Å². The highest BCUT2D eigenvalue weighted by Gasteiger charge is 2.31. The monoisotopic (exact) mass is 331 g/mol. The molecule has 0 aliphatic carbocycles. The van der Waals surface area contributed by atoms with Gasteiger partial charge in [-0.25, -0.2) is 13.4 Å². The molecule has 1 saturated heterocycles. The van der Waals surface area contributed by atoms with Crippen molar-refractivity contribution >= 4 is 27.2 Å². The van der Waals surface area contributed by atoms with Crippen molar-refractivity contribution in [2.75, 3.05) is 26.2 Å². The average Bonchev–Trinajstić information content (AvgIpc) is 2.96. The molecule has 1 fully saturated rings. The van der Waals surface area contributed by atoms with Crippen LogP contribution in [0.5, 0.6) is 0 Å². The summed E-state index contributed by atoms with van der Waals surface area (Å²) in [5.74, 6) is 0. The van der Waals surface area contributed by atoms with Crippen molar-refractivity contribution in [3.63, 3.8) is 0 Å². The Kier molecular flexibility index (Phi) is 4.97. The van der Waals surface area contributed by atoms with Crippen LogP contribution in [-0.2, 0) is 16.6 Å². The minimum absolute atomic E-state index is 0.0100. The fraction of sp³-hybridized carbons (Fsp3) is 0.667. The summed E-state index contributed by atoms with van der Waals surface area (Å²) >= 11 is 4.99. The zero-order valence-corrected chi connectivity index (χ0v) is 13.9. The predicted molar refractivity (Wildman–Crippen MR) is 84.5 cm³/mol. The van der Waals surface area contributed by atoms with Crippen LogP contribution in [0, 0.1) is 0 Å². The Morgan fingerprint density at radius 2 is 2.05 bits per heavy atom. The number of sulfonamides is 1. The van der Waals surface area contributed by atoms with Gasteiger partial charge in [0.15, 0.2) is 5.03 Å². The molecule has 118 valence electrons. The second-order valence-electron chi connectivity index (χ2n) is 5.06. The first-order valence-electron chi connectivity index (χ1n) is 6.91. The smallest absolute Gasteiger partial charge is 0.262 e. The topological polar surface area (TPSA) is 84.5 Å². The van der Waals surface area contributed by atoms with Crippen LogP contribution in [0.25, 0.3) is 0 Å². The van der Waals surface area contributed by atoms with E-state index < -0.39 is 10.0 Å². The molecule has 1 aromatic heterocycles. The zero-order valence-electron chi connectivity index (χ0n) is 12.3. The third-order valence-corrected chi connectivity index (χ3v) is 5.94. The first-order valence-corrected chi connectivity index (χ1v) is 8.76. The highest BCUT2D eigenvalue weighted by molar-refractivity contribution is 7.89. The van der Waals surface area contributed by atoms with E-state index in [2.05, 4.69) is 9.88 Å². The van der Waals surface area contributed by atoms with Gasteiger partial charge < -0.3 is 10.3 Å². The van der Waals surface area contributed by atoms with Crippen molar-refractivity contribution in [3.05, 3.63) is 12.5 Å². The molecule has 0 amide bonds. The van der Waals surface area contributed by atoms with Crippen molar-refractivity contribution in [1.29, 1.82) is 0 Å². The normalized spacial score (nSPS) is 19.5. The molecule has 1 atom stereocenters. The van der Waals surface area contributed by atoms with Crippen molar-refractivity contribution in [2.24, 2.45) is 5.73 Å². The summed E-state index contributed by atoms with van der Waals surface area (Å²) in [5.41, 5.74) is 5.64. The van der Waals surface area contributed by atoms with E-state index in [4.69, 9.17) is 18.0 Å². The largest absolute Gasteiger partial charge is 0.392 e. The number of nitrogens with zero attached hydrogens (tertiary/aromatic N) is 4. The summed E-state index contributed by atoms with van der Waals surface area (Å²) in [6.45, 7) is 6.66. The Morgan fingerprint density at radius 1 is 1.43 bits per heavy atom. The number of aromatic nitrogens is 2. The maximum atomic E-state index is 12.5.